The molecule has 1 aromatic carbocycles. The largest absolute Gasteiger partial charge is 0.501 e. The number of methoxy groups -OCH3 is 1. The molecule has 2 aromatic rings. The minimum Gasteiger partial charge on any atom is -0.501 e. The van der Waals surface area contributed by atoms with Crippen LogP contribution in [0.4, 0.5) is 14.9 Å². The van der Waals surface area contributed by atoms with Gasteiger partial charge in [-0.15, -0.1) is 0 Å². The molecule has 14 heteroatoms. The topological polar surface area (TPSA) is 140 Å². The van der Waals surface area contributed by atoms with Crippen LogP contribution in [0.15, 0.2) is 60.5 Å². The fourth-order valence-corrected chi connectivity index (χ4v) is 7.99. The van der Waals surface area contributed by atoms with Gasteiger partial charge < -0.3 is 35.3 Å². The number of hydrazine groups is 1. The molecule has 5 aliphatic rings. The molecule has 0 spiro atoms. The zero-order chi connectivity index (χ0) is 36.2. The number of amides is 3. The quantitative estimate of drug-likeness (QED) is 0.323. The van der Waals surface area contributed by atoms with Crippen molar-refractivity contribution in [3.63, 3.8) is 0 Å². The predicted molar refractivity (Wildman–Crippen MR) is 193 cm³/mol. The Balaban J connectivity index is 1.02. The molecule has 4 aliphatic heterocycles. The van der Waals surface area contributed by atoms with Crippen molar-refractivity contribution in [3.8, 4) is 0 Å². The van der Waals surface area contributed by atoms with E-state index in [1.165, 1.54) is 13.2 Å². The van der Waals surface area contributed by atoms with E-state index >= 15 is 4.39 Å². The number of allylic oxidation sites excluding steroid dienone is 3. The van der Waals surface area contributed by atoms with Gasteiger partial charge >= 0.3 is 6.09 Å². The number of nitrogens with zero attached hydrogens (tertiary/aromatic N) is 4. The molecule has 13 nitrogen and oxygen atoms in total. The average Bonchev–Trinajstić information content (AvgIpc) is 3.59. The van der Waals surface area contributed by atoms with Gasteiger partial charge in [0, 0.05) is 68.3 Å². The minimum atomic E-state index is -1.27. The fraction of sp³-hybridized carbons (Fsp3) is 0.526. The van der Waals surface area contributed by atoms with Crippen LogP contribution < -0.4 is 21.5 Å². The number of hydrogen-bond donors (Lipinski definition) is 4. The average molecular weight is 717 g/mol. The lowest BCUT2D eigenvalue weighted by Crippen LogP contribution is -2.61. The SMILES string of the molecule is COC1=CC=CC(F)C1CN1CC(NC(=O)c2ccc3c(c2)C(c2ccnc(C)c2)NN3)CCC1C(=O)N1CCN(C(=O)OC2CCNCC2)CC1. The van der Waals surface area contributed by atoms with Crippen molar-refractivity contribution in [2.75, 3.05) is 64.9 Å². The Labute approximate surface area is 303 Å². The van der Waals surface area contributed by atoms with E-state index in [4.69, 9.17) is 9.47 Å². The minimum absolute atomic E-state index is 0.0446. The molecular formula is C38H49FN8O5. The Hall–Kier alpha value is -4.53. The summed E-state index contributed by atoms with van der Waals surface area (Å²) >= 11 is 0. The number of piperazine rings is 1. The summed E-state index contributed by atoms with van der Waals surface area (Å²) in [6.45, 7) is 5.82. The van der Waals surface area contributed by atoms with Crippen LogP contribution in [0.25, 0.3) is 0 Å². The van der Waals surface area contributed by atoms with Crippen LogP contribution in [0, 0.1) is 12.8 Å². The number of benzene rings is 1. The third-order valence-electron chi connectivity index (χ3n) is 10.9. The normalized spacial score (nSPS) is 26.6. The van der Waals surface area contributed by atoms with Crippen LogP contribution in [0.1, 0.15) is 58.9 Å². The van der Waals surface area contributed by atoms with Crippen LogP contribution in [-0.2, 0) is 14.3 Å². The van der Waals surface area contributed by atoms with Crippen molar-refractivity contribution in [2.24, 2.45) is 5.92 Å². The van der Waals surface area contributed by atoms with Crippen LogP contribution in [0.3, 0.4) is 0 Å². The molecule has 3 amide bonds. The summed E-state index contributed by atoms with van der Waals surface area (Å²) in [4.78, 5) is 50.5. The molecule has 7 rings (SSSR count). The van der Waals surface area contributed by atoms with Crippen molar-refractivity contribution in [3.05, 3.63) is 82.9 Å². The second-order valence-corrected chi connectivity index (χ2v) is 14.3. The number of likely N-dealkylation sites (tertiary alicyclic amines) is 1. The monoisotopic (exact) mass is 716 g/mol. The Morgan fingerprint density at radius 2 is 1.81 bits per heavy atom. The third-order valence-corrected chi connectivity index (χ3v) is 10.9. The zero-order valence-corrected chi connectivity index (χ0v) is 29.9. The number of halogens is 1. The Morgan fingerprint density at radius 3 is 2.58 bits per heavy atom. The number of piperidine rings is 2. The molecule has 52 heavy (non-hydrogen) atoms. The van der Waals surface area contributed by atoms with Crippen molar-refractivity contribution in [1.29, 1.82) is 0 Å². The Kier molecular flexibility index (Phi) is 11.0. The maximum atomic E-state index is 15.4. The number of aryl methyl sites for hydroxylation is 1. The summed E-state index contributed by atoms with van der Waals surface area (Å²) in [5, 5.41) is 6.49. The van der Waals surface area contributed by atoms with E-state index in [1.807, 2.05) is 36.1 Å². The predicted octanol–water partition coefficient (Wildman–Crippen LogP) is 3.06. The molecule has 1 aromatic heterocycles. The number of rotatable bonds is 8. The van der Waals surface area contributed by atoms with E-state index in [9.17, 15) is 14.4 Å². The first-order chi connectivity index (χ1) is 25.3. The summed E-state index contributed by atoms with van der Waals surface area (Å²) in [6.07, 6.45) is 7.71. The molecule has 5 heterocycles. The van der Waals surface area contributed by atoms with Crippen LogP contribution >= 0.6 is 0 Å². The summed E-state index contributed by atoms with van der Waals surface area (Å²) in [5.41, 5.74) is 10.9. The number of carbonyl (C=O) groups excluding carboxylic acids is 3. The van der Waals surface area contributed by atoms with Gasteiger partial charge in [-0.1, -0.05) is 6.08 Å². The number of anilines is 1. The molecule has 4 N–H and O–H groups in total. The van der Waals surface area contributed by atoms with Gasteiger partial charge in [-0.3, -0.25) is 19.5 Å². The van der Waals surface area contributed by atoms with Gasteiger partial charge in [0.1, 0.15) is 18.0 Å². The van der Waals surface area contributed by atoms with Gasteiger partial charge in [0.05, 0.1) is 30.8 Å². The smallest absolute Gasteiger partial charge is 0.410 e. The van der Waals surface area contributed by atoms with Crippen molar-refractivity contribution in [2.45, 2.75) is 63.0 Å². The molecule has 3 saturated heterocycles. The van der Waals surface area contributed by atoms with E-state index in [0.717, 1.165) is 48.4 Å². The van der Waals surface area contributed by atoms with Crippen molar-refractivity contribution < 1.29 is 28.2 Å². The first-order valence-corrected chi connectivity index (χ1v) is 18.4. The number of ether oxygens (including phenoxy) is 2. The molecule has 278 valence electrons. The van der Waals surface area contributed by atoms with Gasteiger partial charge in [-0.2, -0.15) is 0 Å². The standard InChI is InChI=1S/C38H49FN8O5/c1-24-20-25(10-15-41-24)35-29-21-26(6-8-32(29)43-44-35)36(48)42-27-7-9-33(47(22-27)23-30-31(39)4-3-5-34(30)51-2)37(49)45-16-18-46(19-17-45)38(50)52-28-11-13-40-14-12-28/h3-6,8,10,15,20-21,27-28,30-31,33,35,40,43-44H,7,9,11-14,16-19,22-23H2,1-2H3,(H,42,48). The lowest BCUT2D eigenvalue weighted by Gasteiger charge is -2.44. The first kappa shape index (κ1) is 35.9. The highest BCUT2D eigenvalue weighted by Crippen LogP contribution is 2.34. The number of carbonyl (C=O) groups is 3. The third kappa shape index (κ3) is 7.93. The van der Waals surface area contributed by atoms with E-state index in [1.54, 1.807) is 34.2 Å². The summed E-state index contributed by atoms with van der Waals surface area (Å²) < 4.78 is 26.7. The Morgan fingerprint density at radius 1 is 1.02 bits per heavy atom. The number of nitrogens with one attached hydrogen (secondary N) is 4. The number of aromatic nitrogens is 1. The highest BCUT2D eigenvalue weighted by molar-refractivity contribution is 5.95. The van der Waals surface area contributed by atoms with E-state index in [-0.39, 0.29) is 42.6 Å². The molecule has 0 radical (unpaired) electrons. The van der Waals surface area contributed by atoms with Gasteiger partial charge in [0.2, 0.25) is 5.91 Å². The first-order valence-electron chi connectivity index (χ1n) is 18.4. The highest BCUT2D eigenvalue weighted by Gasteiger charge is 2.40. The highest BCUT2D eigenvalue weighted by atomic mass is 19.1. The van der Waals surface area contributed by atoms with Crippen molar-refractivity contribution >= 4 is 23.6 Å². The fourth-order valence-electron chi connectivity index (χ4n) is 7.99. The molecular weight excluding hydrogens is 667 g/mol. The maximum absolute atomic E-state index is 15.4. The lowest BCUT2D eigenvalue weighted by molar-refractivity contribution is -0.140. The maximum Gasteiger partial charge on any atom is 0.410 e. The number of hydrogen-bond acceptors (Lipinski definition) is 10. The van der Waals surface area contributed by atoms with E-state index in [2.05, 4.69) is 26.5 Å². The summed E-state index contributed by atoms with van der Waals surface area (Å²) in [5.74, 6) is -0.320. The van der Waals surface area contributed by atoms with Gasteiger partial charge in [0.15, 0.2) is 0 Å². The van der Waals surface area contributed by atoms with E-state index in [0.29, 0.717) is 56.9 Å². The molecule has 0 saturated carbocycles. The molecule has 1 aliphatic carbocycles. The Bertz CT molecular complexity index is 1690. The molecule has 3 fully saturated rings. The molecule has 5 atom stereocenters. The summed E-state index contributed by atoms with van der Waals surface area (Å²) in [7, 11) is 1.53. The number of alkyl halides is 1. The summed E-state index contributed by atoms with van der Waals surface area (Å²) in [6, 6.07) is 8.70. The number of fused-ring (bicyclic) bond motifs is 1. The second-order valence-electron chi connectivity index (χ2n) is 14.3. The lowest BCUT2D eigenvalue weighted by atomic mass is 9.91. The van der Waals surface area contributed by atoms with Gasteiger partial charge in [0.25, 0.3) is 5.91 Å². The van der Waals surface area contributed by atoms with Crippen LogP contribution in [0.5, 0.6) is 0 Å². The van der Waals surface area contributed by atoms with Crippen LogP contribution in [-0.4, -0.2) is 121 Å². The van der Waals surface area contributed by atoms with Crippen molar-refractivity contribution in [1.82, 2.24) is 35.7 Å². The molecule has 0 bridgehead atoms. The second kappa shape index (κ2) is 16.0. The molecule has 5 unspecified atom stereocenters. The van der Waals surface area contributed by atoms with Gasteiger partial charge in [-0.05, 0) is 93.7 Å². The van der Waals surface area contributed by atoms with Crippen LogP contribution in [0.2, 0.25) is 0 Å². The van der Waals surface area contributed by atoms with Gasteiger partial charge in [-0.25, -0.2) is 14.6 Å². The van der Waals surface area contributed by atoms with E-state index < -0.39 is 18.1 Å². The number of pyridine rings is 1. The zero-order valence-electron chi connectivity index (χ0n) is 29.9.